The van der Waals surface area contributed by atoms with Gasteiger partial charge < -0.3 is 4.90 Å². The Balaban J connectivity index is 2.00. The van der Waals surface area contributed by atoms with E-state index in [9.17, 15) is 4.39 Å². The first-order valence-electron chi connectivity index (χ1n) is 6.92. The van der Waals surface area contributed by atoms with Crippen molar-refractivity contribution in [3.05, 3.63) is 35.6 Å². The van der Waals surface area contributed by atoms with Gasteiger partial charge in [0.2, 0.25) is 0 Å². The van der Waals surface area contributed by atoms with Crippen molar-refractivity contribution in [2.45, 2.75) is 39.5 Å². The van der Waals surface area contributed by atoms with Gasteiger partial charge in [0.05, 0.1) is 0 Å². The highest BCUT2D eigenvalue weighted by atomic mass is 19.1. The third-order valence-electron chi connectivity index (χ3n) is 3.54. The van der Waals surface area contributed by atoms with Gasteiger partial charge in [-0.25, -0.2) is 4.39 Å². The number of likely N-dealkylation sites (tertiary alicyclic amines) is 1. The molecule has 100 valence electrons. The van der Waals surface area contributed by atoms with Gasteiger partial charge in [0, 0.05) is 13.1 Å². The molecule has 1 aliphatic rings. The maximum Gasteiger partial charge on any atom is 0.123 e. The molecular formula is C16H24FN. The Bertz CT molecular complexity index is 377. The van der Waals surface area contributed by atoms with Gasteiger partial charge in [-0.3, -0.25) is 0 Å². The van der Waals surface area contributed by atoms with Gasteiger partial charge in [-0.2, -0.15) is 0 Å². The molecule has 1 heterocycles. The monoisotopic (exact) mass is 249 g/mol. The Morgan fingerprint density at radius 3 is 2.50 bits per heavy atom. The van der Waals surface area contributed by atoms with Crippen LogP contribution < -0.4 is 0 Å². The van der Waals surface area contributed by atoms with Crippen molar-refractivity contribution < 1.29 is 4.39 Å². The van der Waals surface area contributed by atoms with Gasteiger partial charge in [0.15, 0.2) is 0 Å². The number of benzene rings is 1. The summed E-state index contributed by atoms with van der Waals surface area (Å²) in [5, 5.41) is 0. The Hall–Kier alpha value is -0.890. The van der Waals surface area contributed by atoms with Crippen molar-refractivity contribution in [2.24, 2.45) is 5.41 Å². The summed E-state index contributed by atoms with van der Waals surface area (Å²) in [7, 11) is 0. The highest BCUT2D eigenvalue weighted by Gasteiger charge is 2.24. The van der Waals surface area contributed by atoms with Gasteiger partial charge in [-0.1, -0.05) is 32.9 Å². The molecular weight excluding hydrogens is 225 g/mol. The van der Waals surface area contributed by atoms with Gasteiger partial charge in [0.1, 0.15) is 5.82 Å². The van der Waals surface area contributed by atoms with Crippen molar-refractivity contribution in [1.29, 1.82) is 0 Å². The smallest absolute Gasteiger partial charge is 0.123 e. The SMILES string of the molecule is CC(C)(C)CN1CCCC(c2ccc(F)cc2)C1. The van der Waals surface area contributed by atoms with E-state index in [1.54, 1.807) is 12.1 Å². The van der Waals surface area contributed by atoms with E-state index in [0.717, 1.165) is 13.1 Å². The zero-order valence-electron chi connectivity index (χ0n) is 11.7. The molecule has 1 atom stereocenters. The fraction of sp³-hybridized carbons (Fsp3) is 0.625. The van der Waals surface area contributed by atoms with Gasteiger partial charge in [-0.15, -0.1) is 0 Å². The molecule has 2 heteroatoms. The molecule has 1 aromatic rings. The summed E-state index contributed by atoms with van der Waals surface area (Å²) in [6.07, 6.45) is 2.48. The van der Waals surface area contributed by atoms with Crippen LogP contribution in [0.25, 0.3) is 0 Å². The summed E-state index contributed by atoms with van der Waals surface area (Å²) >= 11 is 0. The van der Waals surface area contributed by atoms with E-state index < -0.39 is 0 Å². The fourth-order valence-electron chi connectivity index (χ4n) is 2.88. The summed E-state index contributed by atoms with van der Waals surface area (Å²) in [4.78, 5) is 2.55. The molecule has 1 fully saturated rings. The lowest BCUT2D eigenvalue weighted by Crippen LogP contribution is -2.39. The molecule has 0 amide bonds. The summed E-state index contributed by atoms with van der Waals surface area (Å²) in [6, 6.07) is 7.05. The van der Waals surface area contributed by atoms with Gasteiger partial charge >= 0.3 is 0 Å². The highest BCUT2D eigenvalue weighted by molar-refractivity contribution is 5.21. The molecule has 2 rings (SSSR count). The van der Waals surface area contributed by atoms with Crippen LogP contribution in [0.2, 0.25) is 0 Å². The predicted octanol–water partition coefficient (Wildman–Crippen LogP) is 4.05. The first-order valence-corrected chi connectivity index (χ1v) is 6.92. The summed E-state index contributed by atoms with van der Waals surface area (Å²) in [5.41, 5.74) is 1.64. The van der Waals surface area contributed by atoms with E-state index in [0.29, 0.717) is 11.3 Å². The second kappa shape index (κ2) is 5.40. The standard InChI is InChI=1S/C16H24FN/c1-16(2,3)12-18-10-4-5-14(11-18)13-6-8-15(17)9-7-13/h6-9,14H,4-5,10-12H2,1-3H3. The largest absolute Gasteiger partial charge is 0.302 e. The third kappa shape index (κ3) is 3.81. The van der Waals surface area contributed by atoms with Crippen LogP contribution in [-0.2, 0) is 0 Å². The Kier molecular flexibility index (Phi) is 4.06. The number of piperidine rings is 1. The molecule has 0 bridgehead atoms. The minimum Gasteiger partial charge on any atom is -0.302 e. The van der Waals surface area contributed by atoms with Crippen LogP contribution in [0.3, 0.4) is 0 Å². The van der Waals surface area contributed by atoms with E-state index in [1.807, 2.05) is 12.1 Å². The third-order valence-corrected chi connectivity index (χ3v) is 3.54. The van der Waals surface area contributed by atoms with Crippen molar-refractivity contribution >= 4 is 0 Å². The maximum atomic E-state index is 12.9. The molecule has 0 N–H and O–H groups in total. The Morgan fingerprint density at radius 1 is 1.22 bits per heavy atom. The highest BCUT2D eigenvalue weighted by Crippen LogP contribution is 2.28. The Labute approximate surface area is 110 Å². The molecule has 0 aliphatic carbocycles. The average molecular weight is 249 g/mol. The number of hydrogen-bond donors (Lipinski definition) is 0. The number of halogens is 1. The van der Waals surface area contributed by atoms with Gasteiger partial charge in [0.25, 0.3) is 0 Å². The predicted molar refractivity (Wildman–Crippen MR) is 74.3 cm³/mol. The average Bonchev–Trinajstić information content (AvgIpc) is 2.28. The molecule has 1 aliphatic heterocycles. The van der Waals surface area contributed by atoms with Crippen molar-refractivity contribution in [1.82, 2.24) is 4.90 Å². The van der Waals surface area contributed by atoms with Crippen molar-refractivity contribution in [2.75, 3.05) is 19.6 Å². The number of hydrogen-bond acceptors (Lipinski definition) is 1. The van der Waals surface area contributed by atoms with E-state index in [-0.39, 0.29) is 5.82 Å². The van der Waals surface area contributed by atoms with Crippen LogP contribution in [0.1, 0.15) is 45.1 Å². The molecule has 1 aromatic carbocycles. The normalized spacial score (nSPS) is 22.1. The minimum absolute atomic E-state index is 0.138. The van der Waals surface area contributed by atoms with Crippen LogP contribution in [0, 0.1) is 11.2 Å². The van der Waals surface area contributed by atoms with E-state index in [1.165, 1.54) is 24.9 Å². The second-order valence-corrected chi connectivity index (χ2v) is 6.69. The quantitative estimate of drug-likeness (QED) is 0.764. The van der Waals surface area contributed by atoms with Crippen LogP contribution in [0.4, 0.5) is 4.39 Å². The first kappa shape index (κ1) is 13.5. The van der Waals surface area contributed by atoms with Crippen LogP contribution >= 0.6 is 0 Å². The maximum absolute atomic E-state index is 12.9. The number of rotatable bonds is 2. The van der Waals surface area contributed by atoms with E-state index in [2.05, 4.69) is 25.7 Å². The summed E-state index contributed by atoms with van der Waals surface area (Å²) in [5.74, 6) is 0.433. The summed E-state index contributed by atoms with van der Waals surface area (Å²) in [6.45, 7) is 10.3. The van der Waals surface area contributed by atoms with E-state index in [4.69, 9.17) is 0 Å². The molecule has 0 spiro atoms. The van der Waals surface area contributed by atoms with Crippen LogP contribution in [0.15, 0.2) is 24.3 Å². The number of nitrogens with zero attached hydrogens (tertiary/aromatic N) is 1. The van der Waals surface area contributed by atoms with Crippen LogP contribution in [-0.4, -0.2) is 24.5 Å². The molecule has 0 radical (unpaired) electrons. The molecule has 0 saturated carbocycles. The minimum atomic E-state index is -0.138. The summed E-state index contributed by atoms with van der Waals surface area (Å²) < 4.78 is 12.9. The fourth-order valence-corrected chi connectivity index (χ4v) is 2.88. The van der Waals surface area contributed by atoms with Crippen LogP contribution in [0.5, 0.6) is 0 Å². The van der Waals surface area contributed by atoms with Crippen molar-refractivity contribution in [3.63, 3.8) is 0 Å². The lowest BCUT2D eigenvalue weighted by molar-refractivity contribution is 0.151. The molecule has 0 aromatic heterocycles. The van der Waals surface area contributed by atoms with Crippen molar-refractivity contribution in [3.8, 4) is 0 Å². The zero-order valence-corrected chi connectivity index (χ0v) is 11.7. The lowest BCUT2D eigenvalue weighted by Gasteiger charge is -2.36. The van der Waals surface area contributed by atoms with Gasteiger partial charge in [-0.05, 0) is 48.4 Å². The second-order valence-electron chi connectivity index (χ2n) is 6.69. The van der Waals surface area contributed by atoms with E-state index >= 15 is 0 Å². The lowest BCUT2D eigenvalue weighted by atomic mass is 9.88. The molecule has 1 unspecified atom stereocenters. The molecule has 1 saturated heterocycles. The first-order chi connectivity index (χ1) is 8.44. The topological polar surface area (TPSA) is 3.24 Å². The zero-order chi connectivity index (χ0) is 13.2. The molecule has 1 nitrogen and oxygen atoms in total. The molecule has 18 heavy (non-hydrogen) atoms. The Morgan fingerprint density at radius 2 is 1.89 bits per heavy atom.